The van der Waals surface area contributed by atoms with Crippen LogP contribution in [0.4, 0.5) is 0 Å². The number of carbonyl (C=O) groups is 1. The number of hydrogen-bond acceptors (Lipinski definition) is 2. The maximum Gasteiger partial charge on any atom is 0.251 e. The molecule has 0 spiro atoms. The summed E-state index contributed by atoms with van der Waals surface area (Å²) in [5, 5.41) is 2.86. The Morgan fingerprint density at radius 3 is 2.94 bits per heavy atom. The standard InChI is InChI=1S/C12H16BrNO2/c1-9-10(5-3-6-11(9)13)12(15)14-7-4-8-16-2/h3,5-6H,4,7-8H2,1-2H3,(H,14,15). The van der Waals surface area contributed by atoms with E-state index in [-0.39, 0.29) is 5.91 Å². The quantitative estimate of drug-likeness (QED) is 0.845. The van der Waals surface area contributed by atoms with Crippen LogP contribution in [0.5, 0.6) is 0 Å². The zero-order valence-corrected chi connectivity index (χ0v) is 11.1. The minimum absolute atomic E-state index is 0.0325. The topological polar surface area (TPSA) is 38.3 Å². The summed E-state index contributed by atoms with van der Waals surface area (Å²) in [6.07, 6.45) is 0.829. The maximum absolute atomic E-state index is 11.8. The average Bonchev–Trinajstić information content (AvgIpc) is 2.28. The van der Waals surface area contributed by atoms with Gasteiger partial charge < -0.3 is 10.1 Å². The first-order valence-electron chi connectivity index (χ1n) is 5.19. The lowest BCUT2D eigenvalue weighted by molar-refractivity contribution is 0.0948. The van der Waals surface area contributed by atoms with Crippen LogP contribution >= 0.6 is 15.9 Å². The van der Waals surface area contributed by atoms with Gasteiger partial charge in [-0.25, -0.2) is 0 Å². The van der Waals surface area contributed by atoms with Crippen LogP contribution in [0.25, 0.3) is 0 Å². The minimum Gasteiger partial charge on any atom is -0.385 e. The Kier molecular flexibility index (Phi) is 5.49. The van der Waals surface area contributed by atoms with Gasteiger partial charge >= 0.3 is 0 Å². The fourth-order valence-corrected chi connectivity index (χ4v) is 1.73. The molecule has 16 heavy (non-hydrogen) atoms. The lowest BCUT2D eigenvalue weighted by Gasteiger charge is -2.08. The van der Waals surface area contributed by atoms with E-state index >= 15 is 0 Å². The molecule has 0 heterocycles. The van der Waals surface area contributed by atoms with E-state index in [2.05, 4.69) is 21.2 Å². The number of halogens is 1. The SMILES string of the molecule is COCCCNC(=O)c1cccc(Br)c1C. The number of amides is 1. The van der Waals surface area contributed by atoms with Crippen molar-refractivity contribution in [2.75, 3.05) is 20.3 Å². The molecule has 0 aromatic heterocycles. The van der Waals surface area contributed by atoms with Crippen LogP contribution in [0, 0.1) is 6.92 Å². The number of nitrogens with one attached hydrogen (secondary N) is 1. The van der Waals surface area contributed by atoms with Crippen molar-refractivity contribution < 1.29 is 9.53 Å². The van der Waals surface area contributed by atoms with Crippen LogP contribution in [0.2, 0.25) is 0 Å². The molecule has 1 aromatic rings. The van der Waals surface area contributed by atoms with Gasteiger partial charge in [0.2, 0.25) is 0 Å². The molecular formula is C12H16BrNO2. The molecule has 0 unspecified atom stereocenters. The van der Waals surface area contributed by atoms with Crippen LogP contribution in [-0.2, 0) is 4.74 Å². The van der Waals surface area contributed by atoms with E-state index in [1.807, 2.05) is 25.1 Å². The van der Waals surface area contributed by atoms with E-state index in [0.29, 0.717) is 18.7 Å². The Hall–Kier alpha value is -0.870. The highest BCUT2D eigenvalue weighted by atomic mass is 79.9. The van der Waals surface area contributed by atoms with Crippen molar-refractivity contribution in [3.63, 3.8) is 0 Å². The largest absolute Gasteiger partial charge is 0.385 e. The summed E-state index contributed by atoms with van der Waals surface area (Å²) in [7, 11) is 1.65. The lowest BCUT2D eigenvalue weighted by atomic mass is 10.1. The van der Waals surface area contributed by atoms with Crippen molar-refractivity contribution in [1.29, 1.82) is 0 Å². The first kappa shape index (κ1) is 13.2. The van der Waals surface area contributed by atoms with Crippen molar-refractivity contribution in [3.05, 3.63) is 33.8 Å². The Morgan fingerprint density at radius 1 is 1.50 bits per heavy atom. The molecule has 1 rings (SSSR count). The van der Waals surface area contributed by atoms with Gasteiger partial charge in [-0.3, -0.25) is 4.79 Å². The summed E-state index contributed by atoms with van der Waals surface area (Å²) in [4.78, 5) is 11.8. The van der Waals surface area contributed by atoms with Gasteiger partial charge in [-0.2, -0.15) is 0 Å². The highest BCUT2D eigenvalue weighted by Gasteiger charge is 2.09. The molecule has 0 fully saturated rings. The van der Waals surface area contributed by atoms with Crippen molar-refractivity contribution in [1.82, 2.24) is 5.32 Å². The van der Waals surface area contributed by atoms with Gasteiger partial charge in [0, 0.05) is 30.3 Å². The molecule has 1 aromatic carbocycles. The van der Waals surface area contributed by atoms with Crippen molar-refractivity contribution in [2.45, 2.75) is 13.3 Å². The molecule has 1 amide bonds. The van der Waals surface area contributed by atoms with E-state index in [0.717, 1.165) is 16.5 Å². The Labute approximate surface area is 104 Å². The first-order valence-corrected chi connectivity index (χ1v) is 5.98. The second-order valence-electron chi connectivity index (χ2n) is 3.51. The zero-order valence-electron chi connectivity index (χ0n) is 9.55. The molecule has 4 heteroatoms. The van der Waals surface area contributed by atoms with Crippen LogP contribution in [-0.4, -0.2) is 26.2 Å². The number of ether oxygens (including phenoxy) is 1. The predicted octanol–water partition coefficient (Wildman–Crippen LogP) is 2.52. The van der Waals surface area contributed by atoms with Crippen LogP contribution in [0.15, 0.2) is 22.7 Å². The third-order valence-corrected chi connectivity index (χ3v) is 3.18. The van der Waals surface area contributed by atoms with Gasteiger partial charge in [-0.15, -0.1) is 0 Å². The summed E-state index contributed by atoms with van der Waals surface area (Å²) in [5.74, 6) is -0.0325. The third-order valence-electron chi connectivity index (χ3n) is 2.32. The second-order valence-corrected chi connectivity index (χ2v) is 4.37. The highest BCUT2D eigenvalue weighted by Crippen LogP contribution is 2.19. The highest BCUT2D eigenvalue weighted by molar-refractivity contribution is 9.10. The van der Waals surface area contributed by atoms with E-state index in [1.165, 1.54) is 0 Å². The summed E-state index contributed by atoms with van der Waals surface area (Å²) in [6, 6.07) is 5.62. The van der Waals surface area contributed by atoms with E-state index in [4.69, 9.17) is 4.74 Å². The number of carbonyl (C=O) groups excluding carboxylic acids is 1. The van der Waals surface area contributed by atoms with Gasteiger partial charge in [-0.1, -0.05) is 22.0 Å². The minimum atomic E-state index is -0.0325. The maximum atomic E-state index is 11.8. The molecule has 0 aliphatic carbocycles. The summed E-state index contributed by atoms with van der Waals surface area (Å²) in [6.45, 7) is 3.23. The molecule has 0 bridgehead atoms. The Morgan fingerprint density at radius 2 is 2.25 bits per heavy atom. The van der Waals surface area contributed by atoms with Crippen LogP contribution < -0.4 is 5.32 Å². The molecule has 88 valence electrons. The number of rotatable bonds is 5. The van der Waals surface area contributed by atoms with Gasteiger partial charge in [0.1, 0.15) is 0 Å². The van der Waals surface area contributed by atoms with E-state index in [9.17, 15) is 4.79 Å². The van der Waals surface area contributed by atoms with Crippen LogP contribution in [0.1, 0.15) is 22.3 Å². The molecule has 1 N–H and O–H groups in total. The number of methoxy groups -OCH3 is 1. The molecule has 0 saturated heterocycles. The Bertz CT molecular complexity index is 366. The van der Waals surface area contributed by atoms with Gasteiger partial charge in [0.15, 0.2) is 0 Å². The van der Waals surface area contributed by atoms with Crippen molar-refractivity contribution in [3.8, 4) is 0 Å². The molecule has 0 atom stereocenters. The normalized spacial score (nSPS) is 10.2. The van der Waals surface area contributed by atoms with Gasteiger partial charge in [-0.05, 0) is 31.0 Å². The van der Waals surface area contributed by atoms with E-state index < -0.39 is 0 Å². The molecule has 0 radical (unpaired) electrons. The molecule has 3 nitrogen and oxygen atoms in total. The molecule has 0 saturated carbocycles. The summed E-state index contributed by atoms with van der Waals surface area (Å²) < 4.78 is 5.87. The zero-order chi connectivity index (χ0) is 12.0. The summed E-state index contributed by atoms with van der Waals surface area (Å²) in [5.41, 5.74) is 1.68. The van der Waals surface area contributed by atoms with Gasteiger partial charge in [0.25, 0.3) is 5.91 Å². The monoisotopic (exact) mass is 285 g/mol. The number of hydrogen-bond donors (Lipinski definition) is 1. The fourth-order valence-electron chi connectivity index (χ4n) is 1.37. The van der Waals surface area contributed by atoms with Crippen LogP contribution in [0.3, 0.4) is 0 Å². The fraction of sp³-hybridized carbons (Fsp3) is 0.417. The average molecular weight is 286 g/mol. The van der Waals surface area contributed by atoms with Gasteiger partial charge in [0.05, 0.1) is 0 Å². The van der Waals surface area contributed by atoms with E-state index in [1.54, 1.807) is 7.11 Å². The number of benzene rings is 1. The molecule has 0 aliphatic rings. The molecular weight excluding hydrogens is 270 g/mol. The second kappa shape index (κ2) is 6.66. The third kappa shape index (κ3) is 3.61. The summed E-state index contributed by atoms with van der Waals surface area (Å²) >= 11 is 3.41. The Balaban J connectivity index is 2.56. The first-order chi connectivity index (χ1) is 7.66. The predicted molar refractivity (Wildman–Crippen MR) is 67.7 cm³/mol. The van der Waals surface area contributed by atoms with Crippen molar-refractivity contribution in [2.24, 2.45) is 0 Å². The smallest absolute Gasteiger partial charge is 0.251 e. The lowest BCUT2D eigenvalue weighted by Crippen LogP contribution is -2.25. The molecule has 0 aliphatic heterocycles. The van der Waals surface area contributed by atoms with Crippen molar-refractivity contribution >= 4 is 21.8 Å².